The van der Waals surface area contributed by atoms with E-state index in [0.29, 0.717) is 5.57 Å². The highest BCUT2D eigenvalue weighted by Crippen LogP contribution is 2.31. The first kappa shape index (κ1) is 11.4. The van der Waals surface area contributed by atoms with Crippen molar-refractivity contribution in [2.75, 3.05) is 0 Å². The van der Waals surface area contributed by atoms with Crippen molar-refractivity contribution in [2.24, 2.45) is 5.16 Å². The lowest BCUT2D eigenvalue weighted by Gasteiger charge is -2.03. The molecule has 1 N–H and O–H groups in total. The fourth-order valence-electron chi connectivity index (χ4n) is 1.89. The Kier molecular flexibility index (Phi) is 3.60. The Labute approximate surface area is 87.9 Å². The van der Waals surface area contributed by atoms with Gasteiger partial charge in [0.15, 0.2) is 0 Å². The van der Waals surface area contributed by atoms with Gasteiger partial charge in [-0.1, -0.05) is 10.7 Å². The topological polar surface area (TPSA) is 75.7 Å². The Hall–Kier alpha value is -1.65. The highest BCUT2D eigenvalue weighted by atomic mass is 16.6. The molecule has 0 aromatic rings. The number of nitrogens with zero attached hydrogens (tertiary/aromatic N) is 2. The molecule has 5 nitrogen and oxygen atoms in total. The van der Waals surface area contributed by atoms with Gasteiger partial charge < -0.3 is 5.21 Å². The van der Waals surface area contributed by atoms with Crippen molar-refractivity contribution < 1.29 is 10.1 Å². The minimum Gasteiger partial charge on any atom is -0.411 e. The van der Waals surface area contributed by atoms with Crippen molar-refractivity contribution in [2.45, 2.75) is 33.1 Å². The molecule has 0 heterocycles. The number of hydrogen-bond donors (Lipinski definition) is 1. The van der Waals surface area contributed by atoms with E-state index in [1.54, 1.807) is 6.92 Å². The quantitative estimate of drug-likeness (QED) is 0.336. The summed E-state index contributed by atoms with van der Waals surface area (Å²) in [6.07, 6.45) is 3.79. The van der Waals surface area contributed by atoms with Gasteiger partial charge in [0.2, 0.25) is 0 Å². The van der Waals surface area contributed by atoms with Crippen molar-refractivity contribution in [3.63, 3.8) is 0 Å². The lowest BCUT2D eigenvalue weighted by Crippen LogP contribution is -2.05. The lowest BCUT2D eigenvalue weighted by molar-refractivity contribution is -0.415. The first-order valence-electron chi connectivity index (χ1n) is 4.79. The van der Waals surface area contributed by atoms with Crippen LogP contribution in [0.2, 0.25) is 0 Å². The van der Waals surface area contributed by atoms with Crippen LogP contribution in [0.1, 0.15) is 33.1 Å². The lowest BCUT2D eigenvalue weighted by atomic mass is 10.0. The maximum Gasteiger partial charge on any atom is 0.294 e. The Morgan fingerprint density at radius 2 is 2.27 bits per heavy atom. The van der Waals surface area contributed by atoms with Crippen LogP contribution in [0.25, 0.3) is 0 Å². The molecule has 0 spiro atoms. The molecule has 1 aliphatic rings. The smallest absolute Gasteiger partial charge is 0.294 e. The average Bonchev–Trinajstić information content (AvgIpc) is 2.59. The van der Waals surface area contributed by atoms with E-state index < -0.39 is 4.92 Å². The molecule has 0 bridgehead atoms. The number of hydrogen-bond acceptors (Lipinski definition) is 4. The Morgan fingerprint density at radius 3 is 2.67 bits per heavy atom. The molecule has 0 saturated carbocycles. The molecule has 0 radical (unpaired) electrons. The number of nitro groups is 1. The molecule has 0 saturated heterocycles. The SMILES string of the molecule is CC1=C(/C(C)=C(\C=N\O)[N+](=O)[O-])CCC1. The number of allylic oxidation sites excluding steroid dienone is 4. The largest absolute Gasteiger partial charge is 0.411 e. The van der Waals surface area contributed by atoms with Crippen LogP contribution in [0, 0.1) is 10.1 Å². The Bertz CT molecular complexity index is 367. The highest BCUT2D eigenvalue weighted by molar-refractivity contribution is 5.77. The Balaban J connectivity index is 3.15. The third kappa shape index (κ3) is 2.43. The standard InChI is InChI=1S/C10H14N2O3/c1-7-4-3-5-9(7)8(2)10(6-11-13)12(14)15/h6,13H,3-5H2,1-2H3/b10-8+,11-6+. The van der Waals surface area contributed by atoms with Gasteiger partial charge in [-0.3, -0.25) is 10.1 Å². The highest BCUT2D eigenvalue weighted by Gasteiger charge is 2.20. The van der Waals surface area contributed by atoms with Crippen molar-refractivity contribution in [1.82, 2.24) is 0 Å². The zero-order chi connectivity index (χ0) is 11.4. The molecular weight excluding hydrogens is 196 g/mol. The van der Waals surface area contributed by atoms with Crippen molar-refractivity contribution >= 4 is 6.21 Å². The third-order valence-corrected chi connectivity index (χ3v) is 2.71. The summed E-state index contributed by atoms with van der Waals surface area (Å²) in [5.74, 6) is 0. The molecule has 0 amide bonds. The van der Waals surface area contributed by atoms with Crippen LogP contribution in [0.4, 0.5) is 0 Å². The van der Waals surface area contributed by atoms with Crippen LogP contribution in [0.3, 0.4) is 0 Å². The maximum absolute atomic E-state index is 10.7. The van der Waals surface area contributed by atoms with Gasteiger partial charge >= 0.3 is 0 Å². The molecule has 0 fully saturated rings. The number of oxime groups is 1. The zero-order valence-corrected chi connectivity index (χ0v) is 8.86. The molecule has 1 aliphatic carbocycles. The van der Waals surface area contributed by atoms with Gasteiger partial charge in [0.1, 0.15) is 6.21 Å². The molecule has 0 aromatic heterocycles. The minimum absolute atomic E-state index is 0.131. The molecule has 0 aromatic carbocycles. The Morgan fingerprint density at radius 1 is 1.60 bits per heavy atom. The van der Waals surface area contributed by atoms with Crippen LogP contribution < -0.4 is 0 Å². The average molecular weight is 210 g/mol. The van der Waals surface area contributed by atoms with Crippen molar-refractivity contribution in [3.8, 4) is 0 Å². The summed E-state index contributed by atoms with van der Waals surface area (Å²) in [4.78, 5) is 10.2. The van der Waals surface area contributed by atoms with Gasteiger partial charge in [0.25, 0.3) is 5.70 Å². The van der Waals surface area contributed by atoms with E-state index in [0.717, 1.165) is 31.1 Å². The predicted octanol–water partition coefficient (Wildman–Crippen LogP) is 2.50. The van der Waals surface area contributed by atoms with Gasteiger partial charge in [0.05, 0.1) is 4.92 Å². The predicted molar refractivity (Wildman–Crippen MR) is 56.5 cm³/mol. The van der Waals surface area contributed by atoms with Gasteiger partial charge in [-0.2, -0.15) is 0 Å². The first-order valence-corrected chi connectivity index (χ1v) is 4.79. The van der Waals surface area contributed by atoms with Crippen LogP contribution in [-0.4, -0.2) is 16.3 Å². The summed E-state index contributed by atoms with van der Waals surface area (Å²) in [5.41, 5.74) is 2.70. The number of rotatable bonds is 3. The van der Waals surface area contributed by atoms with Gasteiger partial charge in [0, 0.05) is 5.57 Å². The first-order chi connectivity index (χ1) is 7.07. The summed E-state index contributed by atoms with van der Waals surface area (Å²) in [6.45, 7) is 3.68. The normalized spacial score (nSPS) is 18.5. The van der Waals surface area contributed by atoms with Crippen LogP contribution in [0.5, 0.6) is 0 Å². The van der Waals surface area contributed by atoms with Crippen molar-refractivity contribution in [1.29, 1.82) is 0 Å². The molecule has 0 unspecified atom stereocenters. The maximum atomic E-state index is 10.7. The second-order valence-corrected chi connectivity index (χ2v) is 3.62. The molecule has 0 atom stereocenters. The van der Waals surface area contributed by atoms with Gasteiger partial charge in [-0.25, -0.2) is 0 Å². The second-order valence-electron chi connectivity index (χ2n) is 3.62. The fraction of sp³-hybridized carbons (Fsp3) is 0.500. The summed E-state index contributed by atoms with van der Waals surface area (Å²) in [6, 6.07) is 0. The second kappa shape index (κ2) is 4.72. The van der Waals surface area contributed by atoms with E-state index in [9.17, 15) is 10.1 Å². The zero-order valence-electron chi connectivity index (χ0n) is 8.86. The van der Waals surface area contributed by atoms with E-state index in [4.69, 9.17) is 5.21 Å². The van der Waals surface area contributed by atoms with Crippen LogP contribution in [0.15, 0.2) is 27.6 Å². The molecular formula is C10H14N2O3. The molecule has 5 heteroatoms. The van der Waals surface area contributed by atoms with Crippen LogP contribution in [-0.2, 0) is 0 Å². The third-order valence-electron chi connectivity index (χ3n) is 2.71. The van der Waals surface area contributed by atoms with E-state index in [1.165, 1.54) is 5.57 Å². The van der Waals surface area contributed by atoms with Crippen LogP contribution >= 0.6 is 0 Å². The van der Waals surface area contributed by atoms with Gasteiger partial charge in [-0.05, 0) is 38.7 Å². The molecule has 0 aliphatic heterocycles. The van der Waals surface area contributed by atoms with E-state index >= 15 is 0 Å². The summed E-state index contributed by atoms with van der Waals surface area (Å²) < 4.78 is 0. The van der Waals surface area contributed by atoms with Gasteiger partial charge in [-0.15, -0.1) is 0 Å². The molecule has 15 heavy (non-hydrogen) atoms. The summed E-state index contributed by atoms with van der Waals surface area (Å²) in [5, 5.41) is 21.8. The fourth-order valence-corrected chi connectivity index (χ4v) is 1.89. The molecule has 1 rings (SSSR count). The minimum atomic E-state index is -0.520. The van der Waals surface area contributed by atoms with Crippen molar-refractivity contribution in [3.05, 3.63) is 32.5 Å². The van der Waals surface area contributed by atoms with E-state index in [2.05, 4.69) is 5.16 Å². The monoisotopic (exact) mass is 210 g/mol. The van der Waals surface area contributed by atoms with E-state index in [-0.39, 0.29) is 5.70 Å². The summed E-state index contributed by atoms with van der Waals surface area (Å²) >= 11 is 0. The summed E-state index contributed by atoms with van der Waals surface area (Å²) in [7, 11) is 0. The molecule has 82 valence electrons. The van der Waals surface area contributed by atoms with E-state index in [1.807, 2.05) is 6.92 Å².